The van der Waals surface area contributed by atoms with E-state index < -0.39 is 0 Å². The summed E-state index contributed by atoms with van der Waals surface area (Å²) in [6, 6.07) is 3.51. The minimum Gasteiger partial charge on any atom is -0.384 e. The smallest absolute Gasteiger partial charge is 0.207 e. The van der Waals surface area contributed by atoms with Crippen molar-refractivity contribution in [1.82, 2.24) is 10.3 Å². The number of carbonyl (C=O) groups is 1. The Hall–Kier alpha value is -1.62. The van der Waals surface area contributed by atoms with Crippen LogP contribution < -0.4 is 16.8 Å². The van der Waals surface area contributed by atoms with E-state index in [1.54, 1.807) is 12.3 Å². The highest BCUT2D eigenvalue weighted by atomic mass is 16.1. The first-order valence-electron chi connectivity index (χ1n) is 10.8. The van der Waals surface area contributed by atoms with Gasteiger partial charge in [0.15, 0.2) is 0 Å². The maximum Gasteiger partial charge on any atom is 0.207 e. The van der Waals surface area contributed by atoms with Gasteiger partial charge in [-0.1, -0.05) is 80.7 Å². The number of nitrogens with one attached hydrogen (secondary N) is 1. The summed E-state index contributed by atoms with van der Waals surface area (Å²) in [5, 5.41) is 2.52. The Bertz CT molecular complexity index is 350. The number of hydrogen-bond donors (Lipinski definition) is 3. The minimum absolute atomic E-state index is 0.486. The van der Waals surface area contributed by atoms with Crippen LogP contribution in [-0.4, -0.2) is 17.9 Å². The zero-order valence-corrected chi connectivity index (χ0v) is 19.3. The van der Waals surface area contributed by atoms with Crippen molar-refractivity contribution in [3.8, 4) is 0 Å². The Balaban J connectivity index is -0.000000146. The minimum atomic E-state index is 0.486. The zero-order valence-electron chi connectivity index (χ0n) is 19.3. The molecule has 1 aliphatic carbocycles. The van der Waals surface area contributed by atoms with Crippen molar-refractivity contribution in [2.75, 3.05) is 12.3 Å². The van der Waals surface area contributed by atoms with Crippen LogP contribution in [0.3, 0.4) is 0 Å². The highest BCUT2D eigenvalue weighted by Gasteiger charge is 2.09. The van der Waals surface area contributed by atoms with E-state index in [-0.39, 0.29) is 0 Å². The fourth-order valence-corrected chi connectivity index (χ4v) is 2.12. The quantitative estimate of drug-likeness (QED) is 0.594. The molecule has 0 unspecified atom stereocenters. The molecule has 1 aliphatic rings. The van der Waals surface area contributed by atoms with Crippen LogP contribution in [0.5, 0.6) is 0 Å². The lowest BCUT2D eigenvalue weighted by Crippen LogP contribution is -2.16. The second-order valence-corrected chi connectivity index (χ2v) is 4.83. The molecule has 5 N–H and O–H groups in total. The monoisotopic (exact) mass is 384 g/mol. The first kappa shape index (κ1) is 33.0. The molecule has 1 aromatic rings. The van der Waals surface area contributed by atoms with E-state index in [0.29, 0.717) is 18.8 Å². The van der Waals surface area contributed by atoms with Crippen LogP contribution in [0.2, 0.25) is 0 Å². The van der Waals surface area contributed by atoms with Crippen LogP contribution in [0.4, 0.5) is 5.82 Å². The summed E-state index contributed by atoms with van der Waals surface area (Å²) in [5.41, 5.74) is 11.8. The van der Waals surface area contributed by atoms with Gasteiger partial charge in [-0.05, 0) is 36.9 Å². The molecule has 27 heavy (non-hydrogen) atoms. The molecule has 1 aromatic heterocycles. The fraction of sp³-hybridized carbons (Fsp3) is 0.727. The molecule has 0 bridgehead atoms. The molecule has 0 aliphatic heterocycles. The summed E-state index contributed by atoms with van der Waals surface area (Å²) < 4.78 is 0. The van der Waals surface area contributed by atoms with E-state index in [2.05, 4.69) is 10.3 Å². The maximum atomic E-state index is 9.89. The van der Waals surface area contributed by atoms with Gasteiger partial charge in [0, 0.05) is 12.7 Å². The van der Waals surface area contributed by atoms with Gasteiger partial charge in [-0.3, -0.25) is 4.79 Å². The van der Waals surface area contributed by atoms with Gasteiger partial charge in [0.1, 0.15) is 5.82 Å². The first-order valence-corrected chi connectivity index (χ1v) is 10.8. The predicted molar refractivity (Wildman–Crippen MR) is 123 cm³/mol. The van der Waals surface area contributed by atoms with Gasteiger partial charge in [0.05, 0.1) is 0 Å². The molecule has 0 spiro atoms. The molecule has 0 saturated heterocycles. The molecular weight excluding hydrogens is 336 g/mol. The third kappa shape index (κ3) is 24.4. The average molecular weight is 385 g/mol. The molecule has 0 atom stereocenters. The van der Waals surface area contributed by atoms with Crippen molar-refractivity contribution in [2.24, 2.45) is 11.7 Å². The van der Waals surface area contributed by atoms with Gasteiger partial charge in [0.2, 0.25) is 6.41 Å². The van der Waals surface area contributed by atoms with Crippen molar-refractivity contribution in [2.45, 2.75) is 94.0 Å². The van der Waals surface area contributed by atoms with Crippen LogP contribution in [0.15, 0.2) is 18.3 Å². The standard InChI is InChI=1S/C7H9N3O.C7H15N.4C2H6/c8-7-2-1-6(4-10-7)3-9-5-11;8-6-7-4-2-1-3-5-7;4*1-2/h1-2,4-5H,3H2,(H2,8,10)(H,9,11);7H,1-6,8H2;4*1-2H3. The number of nitrogens with two attached hydrogens (primary N) is 2. The number of aromatic nitrogens is 1. The van der Waals surface area contributed by atoms with Crippen LogP contribution in [0, 0.1) is 5.92 Å². The summed E-state index contributed by atoms with van der Waals surface area (Å²) in [6.07, 6.45) is 9.33. The van der Waals surface area contributed by atoms with E-state index in [1.807, 2.05) is 61.5 Å². The van der Waals surface area contributed by atoms with E-state index in [1.165, 1.54) is 32.1 Å². The molecular formula is C22H48N4O. The molecule has 5 nitrogen and oxygen atoms in total. The Morgan fingerprint density at radius 1 is 1.00 bits per heavy atom. The van der Waals surface area contributed by atoms with Crippen molar-refractivity contribution in [3.63, 3.8) is 0 Å². The summed E-state index contributed by atoms with van der Waals surface area (Å²) in [7, 11) is 0. The molecule has 0 radical (unpaired) electrons. The first-order chi connectivity index (χ1) is 13.3. The maximum absolute atomic E-state index is 9.89. The molecule has 162 valence electrons. The van der Waals surface area contributed by atoms with E-state index in [0.717, 1.165) is 18.0 Å². The number of amides is 1. The predicted octanol–water partition coefficient (Wildman–Crippen LogP) is 5.54. The molecule has 1 fully saturated rings. The van der Waals surface area contributed by atoms with Gasteiger partial charge in [-0.15, -0.1) is 0 Å². The van der Waals surface area contributed by atoms with Crippen molar-refractivity contribution in [1.29, 1.82) is 0 Å². The zero-order chi connectivity index (χ0) is 21.9. The van der Waals surface area contributed by atoms with Gasteiger partial charge < -0.3 is 16.8 Å². The Morgan fingerprint density at radius 3 is 1.85 bits per heavy atom. The van der Waals surface area contributed by atoms with Gasteiger partial charge >= 0.3 is 0 Å². The Labute approximate surface area is 169 Å². The molecule has 1 amide bonds. The van der Waals surface area contributed by atoms with E-state index in [9.17, 15) is 4.79 Å². The lowest BCUT2D eigenvalue weighted by atomic mass is 9.90. The fourth-order valence-electron chi connectivity index (χ4n) is 2.12. The van der Waals surface area contributed by atoms with Crippen molar-refractivity contribution in [3.05, 3.63) is 23.9 Å². The van der Waals surface area contributed by atoms with E-state index in [4.69, 9.17) is 11.5 Å². The third-order valence-electron chi connectivity index (χ3n) is 3.30. The molecule has 5 heteroatoms. The van der Waals surface area contributed by atoms with Crippen LogP contribution in [-0.2, 0) is 11.3 Å². The molecule has 1 saturated carbocycles. The Kier molecular flexibility index (Phi) is 39.2. The lowest BCUT2D eigenvalue weighted by molar-refractivity contribution is -0.109. The van der Waals surface area contributed by atoms with Crippen LogP contribution in [0.25, 0.3) is 0 Å². The number of pyridine rings is 1. The second-order valence-electron chi connectivity index (χ2n) is 4.83. The average Bonchev–Trinajstić information content (AvgIpc) is 2.80. The third-order valence-corrected chi connectivity index (χ3v) is 3.30. The number of nitrogen functional groups attached to an aromatic ring is 1. The highest BCUT2D eigenvalue weighted by Crippen LogP contribution is 2.21. The number of nitrogens with zero attached hydrogens (tertiary/aromatic N) is 1. The lowest BCUT2D eigenvalue weighted by Gasteiger charge is -2.18. The van der Waals surface area contributed by atoms with Crippen molar-refractivity contribution < 1.29 is 4.79 Å². The highest BCUT2D eigenvalue weighted by molar-refractivity contribution is 5.46. The molecule has 1 heterocycles. The molecule has 2 rings (SSSR count). The SMILES string of the molecule is CC.CC.CC.CC.NCC1CCCCC1.Nc1ccc(CNC=O)cn1. The summed E-state index contributed by atoms with van der Waals surface area (Å²) >= 11 is 0. The van der Waals surface area contributed by atoms with Crippen LogP contribution >= 0.6 is 0 Å². The van der Waals surface area contributed by atoms with Gasteiger partial charge in [0.25, 0.3) is 0 Å². The van der Waals surface area contributed by atoms with E-state index >= 15 is 0 Å². The number of rotatable bonds is 4. The largest absolute Gasteiger partial charge is 0.384 e. The summed E-state index contributed by atoms with van der Waals surface area (Å²) in [6.45, 7) is 17.4. The normalized spacial score (nSPS) is 11.6. The number of anilines is 1. The summed E-state index contributed by atoms with van der Waals surface area (Å²) in [4.78, 5) is 13.7. The number of carbonyl (C=O) groups excluding carboxylic acids is 1. The van der Waals surface area contributed by atoms with Crippen molar-refractivity contribution >= 4 is 12.2 Å². The van der Waals surface area contributed by atoms with Crippen LogP contribution in [0.1, 0.15) is 93.1 Å². The summed E-state index contributed by atoms with van der Waals surface area (Å²) in [5.74, 6) is 1.35. The second kappa shape index (κ2) is 32.1. The Morgan fingerprint density at radius 2 is 1.52 bits per heavy atom. The number of hydrogen-bond acceptors (Lipinski definition) is 4. The van der Waals surface area contributed by atoms with Gasteiger partial charge in [-0.25, -0.2) is 4.98 Å². The van der Waals surface area contributed by atoms with Gasteiger partial charge in [-0.2, -0.15) is 0 Å². The topological polar surface area (TPSA) is 94.0 Å². The molecule has 0 aromatic carbocycles.